The van der Waals surface area contributed by atoms with Gasteiger partial charge in [0.15, 0.2) is 0 Å². The third-order valence-electron chi connectivity index (χ3n) is 5.17. The van der Waals surface area contributed by atoms with Crippen LogP contribution in [0.25, 0.3) is 0 Å². The van der Waals surface area contributed by atoms with Gasteiger partial charge in [0.2, 0.25) is 0 Å². The Bertz CT molecular complexity index is 469. The van der Waals surface area contributed by atoms with E-state index in [1.54, 1.807) is 0 Å². The van der Waals surface area contributed by atoms with Crippen LogP contribution >= 0.6 is 0 Å². The monoisotopic (exact) mass is 310 g/mol. The third-order valence-corrected chi connectivity index (χ3v) is 5.17. The lowest BCUT2D eigenvalue weighted by molar-refractivity contribution is 0.0340. The fourth-order valence-electron chi connectivity index (χ4n) is 3.08. The fraction of sp³-hybridized carbons (Fsp3) is 0.700. The van der Waals surface area contributed by atoms with Gasteiger partial charge < -0.3 is 4.65 Å². The Morgan fingerprint density at radius 3 is 1.87 bits per heavy atom. The van der Waals surface area contributed by atoms with Gasteiger partial charge in [-0.2, -0.15) is 0 Å². The summed E-state index contributed by atoms with van der Waals surface area (Å²) in [4.78, 5) is 0. The SMILES string of the molecule is [B]OC1(C([B])(C)C)C/C=C(/C)CC/C=C(\C)CC/C=C(/C)CC1. The van der Waals surface area contributed by atoms with E-state index in [0.717, 1.165) is 44.9 Å². The Balaban J connectivity index is 3.06. The molecule has 1 atom stereocenters. The molecule has 4 radical (unpaired) electrons. The molecule has 0 spiro atoms. The van der Waals surface area contributed by atoms with E-state index in [1.807, 2.05) is 13.8 Å². The van der Waals surface area contributed by atoms with Gasteiger partial charge in [0.05, 0.1) is 13.4 Å². The van der Waals surface area contributed by atoms with E-state index in [2.05, 4.69) is 39.0 Å². The van der Waals surface area contributed by atoms with Crippen LogP contribution in [0, 0.1) is 0 Å². The molecule has 0 heterocycles. The molecule has 0 aromatic heterocycles. The molecule has 0 saturated carbocycles. The first-order valence-electron chi connectivity index (χ1n) is 8.84. The molecule has 1 aliphatic rings. The van der Waals surface area contributed by atoms with Gasteiger partial charge in [-0.05, 0) is 71.0 Å². The zero-order valence-corrected chi connectivity index (χ0v) is 15.7. The van der Waals surface area contributed by atoms with E-state index in [-0.39, 0.29) is 0 Å². The third kappa shape index (κ3) is 6.37. The highest BCUT2D eigenvalue weighted by molar-refractivity contribution is 6.16. The lowest BCUT2D eigenvalue weighted by Gasteiger charge is -2.45. The largest absolute Gasteiger partial charge is 0.442 e. The van der Waals surface area contributed by atoms with E-state index in [1.165, 1.54) is 16.7 Å². The van der Waals surface area contributed by atoms with Crippen molar-refractivity contribution in [2.45, 2.75) is 90.5 Å². The second kappa shape index (κ2) is 8.97. The molecule has 1 rings (SSSR count). The van der Waals surface area contributed by atoms with E-state index < -0.39 is 10.9 Å². The fourth-order valence-corrected chi connectivity index (χ4v) is 3.08. The highest BCUT2D eigenvalue weighted by Gasteiger charge is 2.39. The average Bonchev–Trinajstić information content (AvgIpc) is 2.45. The smallest absolute Gasteiger partial charge is 0.283 e. The zero-order valence-electron chi connectivity index (χ0n) is 15.7. The maximum absolute atomic E-state index is 6.44. The van der Waals surface area contributed by atoms with Gasteiger partial charge in [-0.1, -0.05) is 48.8 Å². The van der Waals surface area contributed by atoms with Gasteiger partial charge in [-0.15, -0.1) is 0 Å². The van der Waals surface area contributed by atoms with E-state index in [9.17, 15) is 0 Å². The first-order valence-corrected chi connectivity index (χ1v) is 8.84. The van der Waals surface area contributed by atoms with Crippen molar-refractivity contribution in [3.8, 4) is 0 Å². The van der Waals surface area contributed by atoms with Gasteiger partial charge in [-0.3, -0.25) is 0 Å². The summed E-state index contributed by atoms with van der Waals surface area (Å²) in [5, 5.41) is -0.494. The molecular weight excluding hydrogens is 278 g/mol. The molecule has 0 saturated heterocycles. The van der Waals surface area contributed by atoms with Crippen molar-refractivity contribution < 1.29 is 4.65 Å². The average molecular weight is 310 g/mol. The Labute approximate surface area is 146 Å². The second-order valence-corrected chi connectivity index (χ2v) is 7.77. The molecule has 0 aromatic carbocycles. The van der Waals surface area contributed by atoms with Crippen molar-refractivity contribution in [2.24, 2.45) is 0 Å². The van der Waals surface area contributed by atoms with Crippen LogP contribution in [0.5, 0.6) is 0 Å². The Kier molecular flexibility index (Phi) is 7.94. The summed E-state index contributed by atoms with van der Waals surface area (Å²) in [6.45, 7) is 10.6. The molecule has 0 aromatic rings. The van der Waals surface area contributed by atoms with Crippen molar-refractivity contribution in [3.05, 3.63) is 34.9 Å². The standard InChI is InChI=1S/C20H32B2O/c1-16-8-6-10-17(2)12-14-20(23-22,19(4,5)21)15-13-18(3)11-7-9-16/h8,11-12H,6-7,9-10,13-15H2,1-5H3/b16-8+,17-12-,18-11-. The first-order chi connectivity index (χ1) is 10.7. The van der Waals surface area contributed by atoms with Crippen molar-refractivity contribution in [1.82, 2.24) is 0 Å². The van der Waals surface area contributed by atoms with Crippen LogP contribution in [0.4, 0.5) is 0 Å². The van der Waals surface area contributed by atoms with Crippen LogP contribution in [-0.2, 0) is 4.65 Å². The van der Waals surface area contributed by atoms with Gasteiger partial charge in [-0.25, -0.2) is 0 Å². The lowest BCUT2D eigenvalue weighted by Crippen LogP contribution is -2.42. The second-order valence-electron chi connectivity index (χ2n) is 7.77. The molecule has 0 aliphatic heterocycles. The summed E-state index contributed by atoms with van der Waals surface area (Å²) < 4.78 is 5.51. The summed E-state index contributed by atoms with van der Waals surface area (Å²) in [5.74, 6) is 0. The molecule has 3 heteroatoms. The van der Waals surface area contributed by atoms with Crippen LogP contribution in [0.3, 0.4) is 0 Å². The Morgan fingerprint density at radius 2 is 1.39 bits per heavy atom. The molecule has 0 amide bonds. The number of rotatable bonds is 2. The quantitative estimate of drug-likeness (QED) is 0.464. The van der Waals surface area contributed by atoms with E-state index >= 15 is 0 Å². The molecular formula is C20H32B2O. The van der Waals surface area contributed by atoms with Crippen LogP contribution in [0.2, 0.25) is 5.31 Å². The van der Waals surface area contributed by atoms with Crippen molar-refractivity contribution >= 4 is 15.9 Å². The van der Waals surface area contributed by atoms with Gasteiger partial charge >= 0.3 is 0 Å². The number of allylic oxidation sites excluding steroid dienone is 5. The summed E-state index contributed by atoms with van der Waals surface area (Å²) in [7, 11) is 12.2. The van der Waals surface area contributed by atoms with Crippen molar-refractivity contribution in [3.63, 3.8) is 0 Å². The van der Waals surface area contributed by atoms with Crippen LogP contribution in [0.15, 0.2) is 34.9 Å². The molecule has 0 N–H and O–H groups in total. The molecule has 1 unspecified atom stereocenters. The summed E-state index contributed by atoms with van der Waals surface area (Å²) in [6, 6.07) is 0. The number of hydrogen-bond donors (Lipinski definition) is 0. The van der Waals surface area contributed by atoms with Crippen LogP contribution in [-0.4, -0.2) is 21.5 Å². The molecule has 0 fully saturated rings. The molecule has 1 aliphatic carbocycles. The maximum Gasteiger partial charge on any atom is 0.283 e. The maximum atomic E-state index is 6.44. The highest BCUT2D eigenvalue weighted by atomic mass is 16.4. The normalized spacial score (nSPS) is 32.7. The molecule has 23 heavy (non-hydrogen) atoms. The lowest BCUT2D eigenvalue weighted by atomic mass is 9.57. The Hall–Kier alpha value is -0.690. The molecule has 1 nitrogen and oxygen atoms in total. The first kappa shape index (κ1) is 20.4. The highest BCUT2D eigenvalue weighted by Crippen LogP contribution is 2.44. The predicted octanol–water partition coefficient (Wildman–Crippen LogP) is 5.78. The summed E-state index contributed by atoms with van der Waals surface area (Å²) in [6.07, 6.45) is 14.0. The Morgan fingerprint density at radius 1 is 0.913 bits per heavy atom. The van der Waals surface area contributed by atoms with Gasteiger partial charge in [0, 0.05) is 0 Å². The van der Waals surface area contributed by atoms with E-state index in [0.29, 0.717) is 0 Å². The minimum Gasteiger partial charge on any atom is -0.442 e. The molecule has 0 bridgehead atoms. The summed E-state index contributed by atoms with van der Waals surface area (Å²) in [5.41, 5.74) is 3.73. The number of hydrogen-bond acceptors (Lipinski definition) is 1. The summed E-state index contributed by atoms with van der Waals surface area (Å²) >= 11 is 0. The topological polar surface area (TPSA) is 9.23 Å². The molecule has 124 valence electrons. The zero-order chi connectivity index (χ0) is 17.5. The van der Waals surface area contributed by atoms with Gasteiger partial charge in [0.25, 0.3) is 8.05 Å². The minimum absolute atomic E-state index is 0.494. The van der Waals surface area contributed by atoms with Crippen molar-refractivity contribution in [2.75, 3.05) is 0 Å². The van der Waals surface area contributed by atoms with E-state index in [4.69, 9.17) is 20.5 Å². The van der Waals surface area contributed by atoms with Crippen LogP contribution < -0.4 is 0 Å². The van der Waals surface area contributed by atoms with Crippen molar-refractivity contribution in [1.29, 1.82) is 0 Å². The predicted molar refractivity (Wildman–Crippen MR) is 103 cm³/mol. The minimum atomic E-state index is -0.529. The van der Waals surface area contributed by atoms with Crippen LogP contribution in [0.1, 0.15) is 79.6 Å². The van der Waals surface area contributed by atoms with Gasteiger partial charge in [0.1, 0.15) is 0 Å².